The summed E-state index contributed by atoms with van der Waals surface area (Å²) < 4.78 is 7.40. The zero-order valence-electron chi connectivity index (χ0n) is 17.6. The topological polar surface area (TPSA) is 81.9 Å². The van der Waals surface area contributed by atoms with Crippen molar-refractivity contribution in [2.75, 3.05) is 18.2 Å². The van der Waals surface area contributed by atoms with Crippen LogP contribution in [0, 0.1) is 6.92 Å². The summed E-state index contributed by atoms with van der Waals surface area (Å²) in [5.74, 6) is 1.58. The number of benzene rings is 2. The molecule has 0 spiro atoms. The molecule has 0 radical (unpaired) electrons. The predicted octanol–water partition coefficient (Wildman–Crippen LogP) is 4.56. The maximum Gasteiger partial charge on any atom is 0.234 e. The molecule has 0 atom stereocenters. The number of carbonyl (C=O) groups excluding carboxylic acids is 1. The standard InChI is InChI=1S/C23H23N5O2S/c1-4-28-22(16-9-6-5-8-15(16)2)26-27-23(28)31-14-20(29)25-18-11-12-19(30-3)21-17(18)10-7-13-24-21/h5-13H,4,14H2,1-3H3,(H,25,29). The molecule has 0 aliphatic carbocycles. The van der Waals surface area contributed by atoms with Gasteiger partial charge in [-0.25, -0.2) is 0 Å². The number of nitrogens with one attached hydrogen (secondary N) is 1. The van der Waals surface area contributed by atoms with Crippen LogP contribution in [0.15, 0.2) is 59.9 Å². The van der Waals surface area contributed by atoms with Gasteiger partial charge in [0.2, 0.25) is 5.91 Å². The van der Waals surface area contributed by atoms with Crippen LogP contribution in [0.5, 0.6) is 5.75 Å². The van der Waals surface area contributed by atoms with Crippen molar-refractivity contribution in [2.45, 2.75) is 25.5 Å². The zero-order valence-corrected chi connectivity index (χ0v) is 18.4. The van der Waals surface area contributed by atoms with Crippen molar-refractivity contribution in [2.24, 2.45) is 0 Å². The molecule has 31 heavy (non-hydrogen) atoms. The molecule has 0 fully saturated rings. The monoisotopic (exact) mass is 433 g/mol. The van der Waals surface area contributed by atoms with Crippen LogP contribution in [-0.4, -0.2) is 38.5 Å². The average Bonchev–Trinajstić information content (AvgIpc) is 3.21. The number of carbonyl (C=O) groups is 1. The second kappa shape index (κ2) is 9.18. The predicted molar refractivity (Wildman–Crippen MR) is 124 cm³/mol. The smallest absolute Gasteiger partial charge is 0.234 e. The molecule has 2 aromatic heterocycles. The number of anilines is 1. The van der Waals surface area contributed by atoms with Gasteiger partial charge in [-0.2, -0.15) is 0 Å². The minimum Gasteiger partial charge on any atom is -0.494 e. The zero-order chi connectivity index (χ0) is 21.8. The van der Waals surface area contributed by atoms with Crippen LogP contribution in [-0.2, 0) is 11.3 Å². The van der Waals surface area contributed by atoms with E-state index in [1.807, 2.05) is 47.9 Å². The van der Waals surface area contributed by atoms with Crippen LogP contribution < -0.4 is 10.1 Å². The number of nitrogens with zero attached hydrogens (tertiary/aromatic N) is 4. The number of thioether (sulfide) groups is 1. The Labute approximate surface area is 184 Å². The highest BCUT2D eigenvalue weighted by atomic mass is 32.2. The van der Waals surface area contributed by atoms with Crippen LogP contribution >= 0.6 is 11.8 Å². The van der Waals surface area contributed by atoms with Crippen molar-refractivity contribution in [1.29, 1.82) is 0 Å². The number of hydrogen-bond donors (Lipinski definition) is 1. The van der Waals surface area contributed by atoms with E-state index in [1.54, 1.807) is 19.4 Å². The Morgan fingerprint density at radius 3 is 2.74 bits per heavy atom. The molecule has 0 saturated heterocycles. The Morgan fingerprint density at radius 1 is 1.13 bits per heavy atom. The van der Waals surface area contributed by atoms with E-state index < -0.39 is 0 Å². The summed E-state index contributed by atoms with van der Waals surface area (Å²) in [5.41, 5.74) is 3.60. The number of hydrogen-bond acceptors (Lipinski definition) is 6. The first-order valence-corrected chi connectivity index (χ1v) is 10.9. The van der Waals surface area contributed by atoms with Crippen LogP contribution in [0.25, 0.3) is 22.3 Å². The highest BCUT2D eigenvalue weighted by Gasteiger charge is 2.16. The van der Waals surface area contributed by atoms with Gasteiger partial charge in [0.1, 0.15) is 11.3 Å². The van der Waals surface area contributed by atoms with E-state index in [9.17, 15) is 4.79 Å². The van der Waals surface area contributed by atoms with Gasteiger partial charge < -0.3 is 14.6 Å². The van der Waals surface area contributed by atoms with Gasteiger partial charge in [0.25, 0.3) is 0 Å². The summed E-state index contributed by atoms with van der Waals surface area (Å²) in [6, 6.07) is 15.5. The SMILES string of the molecule is CCn1c(SCC(=O)Nc2ccc(OC)c3ncccc23)nnc1-c1ccccc1C. The first-order valence-electron chi connectivity index (χ1n) is 9.96. The normalized spacial score (nSPS) is 10.9. The molecular weight excluding hydrogens is 410 g/mol. The number of rotatable bonds is 7. The third-order valence-corrected chi connectivity index (χ3v) is 5.94. The first-order chi connectivity index (χ1) is 15.1. The summed E-state index contributed by atoms with van der Waals surface area (Å²) in [6.45, 7) is 4.82. The molecule has 4 aromatic rings. The molecule has 0 saturated carbocycles. The molecule has 0 bridgehead atoms. The highest BCUT2D eigenvalue weighted by molar-refractivity contribution is 7.99. The second-order valence-electron chi connectivity index (χ2n) is 6.92. The van der Waals surface area contributed by atoms with Crippen LogP contribution in [0.1, 0.15) is 12.5 Å². The Balaban J connectivity index is 1.50. The lowest BCUT2D eigenvalue weighted by atomic mass is 10.1. The van der Waals surface area contributed by atoms with E-state index in [4.69, 9.17) is 4.74 Å². The molecule has 2 aromatic carbocycles. The van der Waals surface area contributed by atoms with Gasteiger partial charge in [-0.1, -0.05) is 36.0 Å². The minimum atomic E-state index is -0.122. The lowest BCUT2D eigenvalue weighted by molar-refractivity contribution is -0.113. The molecule has 8 heteroatoms. The first kappa shape index (κ1) is 20.9. The van der Waals surface area contributed by atoms with Crippen LogP contribution in [0.4, 0.5) is 5.69 Å². The van der Waals surface area contributed by atoms with E-state index in [0.717, 1.165) is 34.0 Å². The van der Waals surface area contributed by atoms with E-state index in [-0.39, 0.29) is 11.7 Å². The fourth-order valence-electron chi connectivity index (χ4n) is 3.44. The summed E-state index contributed by atoms with van der Waals surface area (Å²) in [6.07, 6.45) is 1.70. The Bertz CT molecular complexity index is 1240. The number of fused-ring (bicyclic) bond motifs is 1. The van der Waals surface area contributed by atoms with Gasteiger partial charge in [0.05, 0.1) is 18.6 Å². The number of pyridine rings is 1. The molecule has 0 unspecified atom stereocenters. The molecular formula is C23H23N5O2S. The third-order valence-electron chi connectivity index (χ3n) is 4.98. The summed E-state index contributed by atoms with van der Waals surface area (Å²) in [7, 11) is 1.60. The van der Waals surface area contributed by atoms with Gasteiger partial charge in [-0.15, -0.1) is 10.2 Å². The van der Waals surface area contributed by atoms with Gasteiger partial charge in [0.15, 0.2) is 11.0 Å². The Kier molecular flexibility index (Phi) is 6.18. The highest BCUT2D eigenvalue weighted by Crippen LogP contribution is 2.30. The van der Waals surface area contributed by atoms with Gasteiger partial charge in [-0.05, 0) is 43.7 Å². The molecule has 2 heterocycles. The maximum atomic E-state index is 12.7. The summed E-state index contributed by atoms with van der Waals surface area (Å²) >= 11 is 1.37. The van der Waals surface area contributed by atoms with Crippen molar-refractivity contribution in [3.05, 3.63) is 60.3 Å². The molecule has 7 nitrogen and oxygen atoms in total. The number of methoxy groups -OCH3 is 1. The fraction of sp³-hybridized carbons (Fsp3) is 0.217. The summed E-state index contributed by atoms with van der Waals surface area (Å²) in [4.78, 5) is 17.0. The van der Waals surface area contributed by atoms with E-state index in [2.05, 4.69) is 33.5 Å². The fourth-order valence-corrected chi connectivity index (χ4v) is 4.24. The number of amides is 1. The molecule has 1 N–H and O–H groups in total. The quantitative estimate of drug-likeness (QED) is 0.430. The van der Waals surface area contributed by atoms with Crippen LogP contribution in [0.3, 0.4) is 0 Å². The summed E-state index contributed by atoms with van der Waals surface area (Å²) in [5, 5.41) is 13.2. The van der Waals surface area contributed by atoms with Gasteiger partial charge in [0, 0.05) is 23.7 Å². The number of aromatic nitrogens is 4. The van der Waals surface area contributed by atoms with Gasteiger partial charge >= 0.3 is 0 Å². The third kappa shape index (κ3) is 4.25. The Morgan fingerprint density at radius 2 is 1.97 bits per heavy atom. The Hall–Kier alpha value is -3.39. The largest absolute Gasteiger partial charge is 0.494 e. The lowest BCUT2D eigenvalue weighted by Gasteiger charge is -2.11. The molecule has 4 rings (SSSR count). The van der Waals surface area contributed by atoms with Crippen molar-refractivity contribution >= 4 is 34.3 Å². The second-order valence-corrected chi connectivity index (χ2v) is 7.86. The number of aryl methyl sites for hydroxylation is 1. The van der Waals surface area contributed by atoms with E-state index in [1.165, 1.54) is 11.8 Å². The lowest BCUT2D eigenvalue weighted by Crippen LogP contribution is -2.15. The van der Waals surface area contributed by atoms with Crippen molar-refractivity contribution < 1.29 is 9.53 Å². The molecule has 0 aliphatic rings. The molecule has 1 amide bonds. The van der Waals surface area contributed by atoms with Crippen molar-refractivity contribution in [3.63, 3.8) is 0 Å². The van der Waals surface area contributed by atoms with Crippen molar-refractivity contribution in [1.82, 2.24) is 19.7 Å². The molecule has 158 valence electrons. The minimum absolute atomic E-state index is 0.122. The van der Waals surface area contributed by atoms with E-state index in [0.29, 0.717) is 17.0 Å². The van der Waals surface area contributed by atoms with E-state index >= 15 is 0 Å². The maximum absolute atomic E-state index is 12.7. The molecule has 0 aliphatic heterocycles. The van der Waals surface area contributed by atoms with Gasteiger partial charge in [-0.3, -0.25) is 9.78 Å². The average molecular weight is 434 g/mol. The van der Waals surface area contributed by atoms with Crippen LogP contribution in [0.2, 0.25) is 0 Å². The number of ether oxygens (including phenoxy) is 1. The van der Waals surface area contributed by atoms with Crippen molar-refractivity contribution in [3.8, 4) is 17.1 Å².